The first-order chi connectivity index (χ1) is 16.7. The summed E-state index contributed by atoms with van der Waals surface area (Å²) in [6.07, 6.45) is 10.5. The average Bonchev–Trinajstić information content (AvgIpc) is 3.47. The minimum Gasteiger partial charge on any atom is -0.0721 e. The van der Waals surface area contributed by atoms with Gasteiger partial charge in [-0.1, -0.05) is 152 Å². The summed E-state index contributed by atoms with van der Waals surface area (Å²) in [6, 6.07) is 22.1. The summed E-state index contributed by atoms with van der Waals surface area (Å²) in [7, 11) is -1.97. The van der Waals surface area contributed by atoms with E-state index in [9.17, 15) is 0 Å². The third-order valence-electron chi connectivity index (χ3n) is 8.68. The third kappa shape index (κ3) is 4.60. The normalized spacial score (nSPS) is 20.6. The molecule has 0 amide bonds. The Hall–Kier alpha value is -2.38. The molecule has 184 valence electrons. The number of allylic oxidation sites excluding steroid dienone is 8. The van der Waals surface area contributed by atoms with E-state index < -0.39 is 8.07 Å². The molecule has 0 spiro atoms. The summed E-state index contributed by atoms with van der Waals surface area (Å²) < 4.78 is 0. The van der Waals surface area contributed by atoms with E-state index in [0.29, 0.717) is 34.0 Å². The van der Waals surface area contributed by atoms with Gasteiger partial charge in [0.15, 0.2) is 0 Å². The number of benzene rings is 2. The van der Waals surface area contributed by atoms with Gasteiger partial charge in [-0.15, -0.1) is 0 Å². The van der Waals surface area contributed by atoms with Gasteiger partial charge in [0.25, 0.3) is 0 Å². The van der Waals surface area contributed by atoms with Crippen LogP contribution < -0.4 is 0 Å². The Morgan fingerprint density at radius 1 is 0.514 bits per heavy atom. The molecule has 0 nitrogen and oxygen atoms in total. The highest BCUT2D eigenvalue weighted by molar-refractivity contribution is 6.87. The van der Waals surface area contributed by atoms with Crippen LogP contribution in [0.1, 0.15) is 66.5 Å². The minimum absolute atomic E-state index is 0.548. The van der Waals surface area contributed by atoms with Crippen molar-refractivity contribution in [3.63, 3.8) is 0 Å². The second-order valence-corrected chi connectivity index (χ2v) is 17.4. The van der Waals surface area contributed by atoms with Gasteiger partial charge in [-0.05, 0) is 56.3 Å². The van der Waals surface area contributed by atoms with Crippen LogP contribution in [0.4, 0.5) is 0 Å². The van der Waals surface area contributed by atoms with Crippen molar-refractivity contribution in [3.8, 4) is 0 Å². The molecule has 4 rings (SSSR count). The molecule has 0 heterocycles. The number of hydrogen-bond donors (Lipinski definition) is 0. The molecule has 2 aromatic rings. The van der Waals surface area contributed by atoms with Crippen molar-refractivity contribution in [1.29, 1.82) is 0 Å². The molecule has 0 bridgehead atoms. The fourth-order valence-electron chi connectivity index (χ4n) is 7.02. The lowest BCUT2D eigenvalue weighted by atomic mass is 10.0. The van der Waals surface area contributed by atoms with Gasteiger partial charge in [0, 0.05) is 0 Å². The van der Waals surface area contributed by atoms with Crippen LogP contribution in [0.2, 0.25) is 22.2 Å². The van der Waals surface area contributed by atoms with Crippen LogP contribution in [0, 0.1) is 11.8 Å². The molecule has 0 saturated carbocycles. The van der Waals surface area contributed by atoms with Crippen molar-refractivity contribution < 1.29 is 0 Å². The summed E-state index contributed by atoms with van der Waals surface area (Å²) in [5, 5.41) is 0. The molecular weight excluding hydrogens is 436 g/mol. The standard InChI is InChI=1S/C34H44Si/c1-23(2)31-19-29(27-15-11-9-12-16-27)21-33(31)35(25(5)6,26(7)8)34-22-30(20-32(34)24(3)4)28-17-13-10-14-18-28/h9-26,33-34H,1-8H3. The summed E-state index contributed by atoms with van der Waals surface area (Å²) in [5.41, 5.74) is 11.3. The van der Waals surface area contributed by atoms with E-state index in [2.05, 4.69) is 140 Å². The smallest absolute Gasteiger partial charge is 0.0721 e. The predicted octanol–water partition coefficient (Wildman–Crippen LogP) is 10.4. The molecule has 35 heavy (non-hydrogen) atoms. The van der Waals surface area contributed by atoms with Crippen LogP contribution in [0.3, 0.4) is 0 Å². The van der Waals surface area contributed by atoms with E-state index in [4.69, 9.17) is 0 Å². The fraction of sp³-hybridized carbons (Fsp3) is 0.412. The molecule has 0 radical (unpaired) electrons. The SMILES string of the molecule is CC(C)C1=CC(c2ccccc2)=CC1[Si](C(C)C)(C(C)C)C1C=C(c2ccccc2)C=C1C(C)C. The van der Waals surface area contributed by atoms with Crippen LogP contribution in [0.5, 0.6) is 0 Å². The molecule has 0 aliphatic heterocycles. The van der Waals surface area contributed by atoms with Crippen molar-refractivity contribution in [2.24, 2.45) is 11.8 Å². The Morgan fingerprint density at radius 2 is 0.857 bits per heavy atom. The third-order valence-corrected chi connectivity index (χ3v) is 15.8. The fourth-order valence-corrected chi connectivity index (χ4v) is 14.5. The van der Waals surface area contributed by atoms with Crippen LogP contribution in [-0.4, -0.2) is 8.07 Å². The topological polar surface area (TPSA) is 0 Å². The Balaban J connectivity index is 1.92. The zero-order chi connectivity index (χ0) is 25.3. The molecule has 2 unspecified atom stereocenters. The van der Waals surface area contributed by atoms with E-state index in [1.165, 1.54) is 22.3 Å². The van der Waals surface area contributed by atoms with Gasteiger partial charge in [0.05, 0.1) is 8.07 Å². The van der Waals surface area contributed by atoms with E-state index in [1.54, 1.807) is 11.1 Å². The maximum atomic E-state index is 2.68. The zero-order valence-electron chi connectivity index (χ0n) is 23.0. The monoisotopic (exact) mass is 480 g/mol. The molecule has 0 N–H and O–H groups in total. The molecular formula is C34H44Si. The van der Waals surface area contributed by atoms with Gasteiger partial charge in [-0.2, -0.15) is 0 Å². The van der Waals surface area contributed by atoms with E-state index >= 15 is 0 Å². The Morgan fingerprint density at radius 3 is 1.14 bits per heavy atom. The molecule has 2 aliphatic rings. The van der Waals surface area contributed by atoms with Crippen molar-refractivity contribution in [3.05, 3.63) is 107 Å². The largest absolute Gasteiger partial charge is 0.0816 e. The lowest BCUT2D eigenvalue weighted by molar-refractivity contribution is 0.694. The minimum atomic E-state index is -1.97. The van der Waals surface area contributed by atoms with Gasteiger partial charge < -0.3 is 0 Å². The first-order valence-electron chi connectivity index (χ1n) is 13.6. The van der Waals surface area contributed by atoms with Gasteiger partial charge in [-0.25, -0.2) is 0 Å². The van der Waals surface area contributed by atoms with E-state index in [1.807, 2.05) is 0 Å². The van der Waals surface area contributed by atoms with Crippen LogP contribution in [-0.2, 0) is 0 Å². The first-order valence-corrected chi connectivity index (χ1v) is 16.0. The second kappa shape index (κ2) is 10.3. The van der Waals surface area contributed by atoms with Gasteiger partial charge >= 0.3 is 0 Å². The Bertz CT molecular complexity index is 1050. The maximum absolute atomic E-state index is 2.68. The van der Waals surface area contributed by atoms with Crippen molar-refractivity contribution in [2.45, 2.75) is 77.6 Å². The summed E-state index contributed by atoms with van der Waals surface area (Å²) in [4.78, 5) is 0. The lowest BCUT2D eigenvalue weighted by Gasteiger charge is -2.50. The second-order valence-electron chi connectivity index (χ2n) is 11.8. The van der Waals surface area contributed by atoms with Gasteiger partial charge in [-0.3, -0.25) is 0 Å². The van der Waals surface area contributed by atoms with E-state index in [0.717, 1.165) is 0 Å². The highest BCUT2D eigenvalue weighted by Gasteiger charge is 2.55. The molecule has 2 aromatic carbocycles. The lowest BCUT2D eigenvalue weighted by Crippen LogP contribution is -2.50. The number of rotatable bonds is 8. The van der Waals surface area contributed by atoms with Crippen molar-refractivity contribution in [1.82, 2.24) is 0 Å². The predicted molar refractivity (Wildman–Crippen MR) is 158 cm³/mol. The van der Waals surface area contributed by atoms with Gasteiger partial charge in [0.1, 0.15) is 0 Å². The molecule has 2 aliphatic carbocycles. The summed E-state index contributed by atoms with van der Waals surface area (Å²) >= 11 is 0. The van der Waals surface area contributed by atoms with Crippen LogP contribution in [0.25, 0.3) is 11.1 Å². The number of hydrogen-bond acceptors (Lipinski definition) is 0. The highest BCUT2D eigenvalue weighted by atomic mass is 28.3. The summed E-state index contributed by atoms with van der Waals surface area (Å²) in [5.74, 6) is 1.10. The summed E-state index contributed by atoms with van der Waals surface area (Å²) in [6.45, 7) is 19.7. The van der Waals surface area contributed by atoms with Crippen LogP contribution in [0.15, 0.2) is 96.1 Å². The molecule has 0 aromatic heterocycles. The van der Waals surface area contributed by atoms with Crippen molar-refractivity contribution >= 4 is 19.2 Å². The average molecular weight is 481 g/mol. The quantitative estimate of drug-likeness (QED) is 0.330. The molecule has 2 atom stereocenters. The molecule has 0 fully saturated rings. The Labute approximate surface area is 215 Å². The zero-order valence-corrected chi connectivity index (χ0v) is 24.0. The van der Waals surface area contributed by atoms with Gasteiger partial charge in [0.2, 0.25) is 0 Å². The maximum Gasteiger partial charge on any atom is 0.0816 e. The van der Waals surface area contributed by atoms with Crippen LogP contribution >= 0.6 is 0 Å². The molecule has 0 saturated heterocycles. The Kier molecular flexibility index (Phi) is 7.57. The first kappa shape index (κ1) is 25.7. The highest BCUT2D eigenvalue weighted by Crippen LogP contribution is 2.61. The van der Waals surface area contributed by atoms with E-state index in [-0.39, 0.29) is 0 Å². The molecule has 1 heteroatoms. The van der Waals surface area contributed by atoms with Crippen molar-refractivity contribution in [2.75, 3.05) is 0 Å².